The Hall–Kier alpha value is -2.13. The number of hydrogen-bond donors (Lipinski definition) is 3. The van der Waals surface area contributed by atoms with E-state index in [0.717, 1.165) is 37.2 Å². The number of carbonyl (C=O) groups is 1. The lowest BCUT2D eigenvalue weighted by molar-refractivity contribution is -0.118. The summed E-state index contributed by atoms with van der Waals surface area (Å²) in [4.78, 5) is 19.1. The molecule has 31 heavy (non-hydrogen) atoms. The number of aliphatic imine (C=N–C) groups is 1. The highest BCUT2D eigenvalue weighted by Gasteiger charge is 2.23. The Morgan fingerprint density at radius 3 is 2.61 bits per heavy atom. The van der Waals surface area contributed by atoms with Crippen molar-refractivity contribution in [2.45, 2.75) is 32.1 Å². The number of benzene rings is 2. The standard InChI is InChI=1S/C24H32N4O2.HI/c1-2-25-24(27-17-21(18-29)19-9-4-3-5-10-19)26-15-8-13-23(30)28-16-14-20-11-6-7-12-22(20)28;/h3-7,9-12,21,29H,2,8,13-18H2,1H3,(H2,25,26,27);1H. The number of anilines is 1. The van der Waals surface area contributed by atoms with Crippen molar-refractivity contribution in [2.75, 3.05) is 37.7 Å². The first kappa shape index (κ1) is 25.1. The van der Waals surface area contributed by atoms with Crippen LogP contribution in [0.3, 0.4) is 0 Å². The van der Waals surface area contributed by atoms with Gasteiger partial charge in [-0.25, -0.2) is 0 Å². The number of para-hydroxylation sites is 1. The van der Waals surface area contributed by atoms with Crippen LogP contribution in [-0.2, 0) is 11.2 Å². The fourth-order valence-corrected chi connectivity index (χ4v) is 3.72. The zero-order chi connectivity index (χ0) is 21.2. The van der Waals surface area contributed by atoms with Gasteiger partial charge in [-0.1, -0.05) is 48.5 Å². The van der Waals surface area contributed by atoms with E-state index in [1.54, 1.807) is 0 Å². The lowest BCUT2D eigenvalue weighted by Gasteiger charge is -2.18. The van der Waals surface area contributed by atoms with E-state index in [2.05, 4.69) is 21.7 Å². The molecule has 0 saturated heterocycles. The van der Waals surface area contributed by atoms with Crippen LogP contribution in [0, 0.1) is 0 Å². The van der Waals surface area contributed by atoms with Crippen LogP contribution in [0.1, 0.15) is 36.8 Å². The Morgan fingerprint density at radius 2 is 1.87 bits per heavy atom. The third-order valence-corrected chi connectivity index (χ3v) is 5.35. The predicted octanol–water partition coefficient (Wildman–Crippen LogP) is 3.31. The van der Waals surface area contributed by atoms with Gasteiger partial charge < -0.3 is 20.6 Å². The number of carbonyl (C=O) groups excluding carboxylic acids is 1. The number of fused-ring (bicyclic) bond motifs is 1. The van der Waals surface area contributed by atoms with Gasteiger partial charge in [0.1, 0.15) is 0 Å². The summed E-state index contributed by atoms with van der Waals surface area (Å²) in [6.07, 6.45) is 2.18. The first-order valence-corrected chi connectivity index (χ1v) is 10.8. The van der Waals surface area contributed by atoms with Crippen LogP contribution >= 0.6 is 24.0 Å². The van der Waals surface area contributed by atoms with Crippen molar-refractivity contribution in [3.63, 3.8) is 0 Å². The molecule has 1 unspecified atom stereocenters. The van der Waals surface area contributed by atoms with Gasteiger partial charge in [0.2, 0.25) is 5.91 Å². The molecule has 0 spiro atoms. The highest BCUT2D eigenvalue weighted by Crippen LogP contribution is 2.27. The van der Waals surface area contributed by atoms with Crippen molar-refractivity contribution in [3.05, 3.63) is 65.7 Å². The molecule has 2 aromatic rings. The molecule has 0 radical (unpaired) electrons. The summed E-state index contributed by atoms with van der Waals surface area (Å²) >= 11 is 0. The molecule has 0 aromatic heterocycles. The lowest BCUT2D eigenvalue weighted by Crippen LogP contribution is -2.38. The van der Waals surface area contributed by atoms with E-state index in [1.807, 2.05) is 60.4 Å². The smallest absolute Gasteiger partial charge is 0.227 e. The lowest BCUT2D eigenvalue weighted by atomic mass is 10.0. The number of hydrogen-bond acceptors (Lipinski definition) is 3. The highest BCUT2D eigenvalue weighted by molar-refractivity contribution is 14.0. The van der Waals surface area contributed by atoms with E-state index in [-0.39, 0.29) is 42.4 Å². The molecule has 1 atom stereocenters. The van der Waals surface area contributed by atoms with Crippen LogP contribution in [-0.4, -0.2) is 49.8 Å². The Kier molecular flexibility index (Phi) is 10.8. The van der Waals surface area contributed by atoms with Crippen LogP contribution in [0.25, 0.3) is 0 Å². The molecular formula is C24H33IN4O2. The van der Waals surface area contributed by atoms with Crippen molar-refractivity contribution in [3.8, 4) is 0 Å². The van der Waals surface area contributed by atoms with Crippen LogP contribution < -0.4 is 15.5 Å². The fourth-order valence-electron chi connectivity index (χ4n) is 3.72. The Bertz CT molecular complexity index is 844. The molecule has 1 heterocycles. The summed E-state index contributed by atoms with van der Waals surface area (Å²) in [6.45, 7) is 4.77. The number of aliphatic hydroxyl groups excluding tert-OH is 1. The van der Waals surface area contributed by atoms with E-state index in [0.29, 0.717) is 25.5 Å². The number of nitrogens with one attached hydrogen (secondary N) is 2. The Labute approximate surface area is 202 Å². The van der Waals surface area contributed by atoms with Crippen molar-refractivity contribution < 1.29 is 9.90 Å². The van der Waals surface area contributed by atoms with Crippen LogP contribution in [0.2, 0.25) is 0 Å². The van der Waals surface area contributed by atoms with E-state index in [1.165, 1.54) is 5.56 Å². The van der Waals surface area contributed by atoms with Gasteiger partial charge in [-0.05, 0) is 37.0 Å². The molecule has 7 heteroatoms. The maximum absolute atomic E-state index is 12.6. The highest BCUT2D eigenvalue weighted by atomic mass is 127. The Balaban J connectivity index is 0.00000341. The maximum atomic E-state index is 12.6. The van der Waals surface area contributed by atoms with E-state index >= 15 is 0 Å². The van der Waals surface area contributed by atoms with Gasteiger partial charge >= 0.3 is 0 Å². The van der Waals surface area contributed by atoms with Gasteiger partial charge in [0.05, 0.1) is 13.2 Å². The number of nitrogens with zero attached hydrogens (tertiary/aromatic N) is 2. The molecule has 1 amide bonds. The average Bonchev–Trinajstić information content (AvgIpc) is 3.22. The van der Waals surface area contributed by atoms with Crippen molar-refractivity contribution in [1.82, 2.24) is 10.6 Å². The summed E-state index contributed by atoms with van der Waals surface area (Å²) in [6, 6.07) is 18.1. The van der Waals surface area contributed by atoms with Crippen molar-refractivity contribution in [2.24, 2.45) is 4.99 Å². The summed E-state index contributed by atoms with van der Waals surface area (Å²) < 4.78 is 0. The zero-order valence-electron chi connectivity index (χ0n) is 18.1. The van der Waals surface area contributed by atoms with E-state index < -0.39 is 0 Å². The Morgan fingerprint density at radius 1 is 1.13 bits per heavy atom. The van der Waals surface area contributed by atoms with Gasteiger partial charge in [0, 0.05) is 37.7 Å². The van der Waals surface area contributed by atoms with Crippen molar-refractivity contribution in [1.29, 1.82) is 0 Å². The minimum Gasteiger partial charge on any atom is -0.396 e. The van der Waals surface area contributed by atoms with Crippen LogP contribution in [0.4, 0.5) is 5.69 Å². The molecule has 3 N–H and O–H groups in total. The molecule has 3 rings (SSSR count). The van der Waals surface area contributed by atoms with Gasteiger partial charge in [-0.15, -0.1) is 24.0 Å². The normalized spacial score (nSPS) is 13.9. The minimum absolute atomic E-state index is 0. The predicted molar refractivity (Wildman–Crippen MR) is 137 cm³/mol. The fraction of sp³-hybridized carbons (Fsp3) is 0.417. The molecular weight excluding hydrogens is 503 g/mol. The molecule has 0 bridgehead atoms. The second-order valence-corrected chi connectivity index (χ2v) is 7.46. The van der Waals surface area contributed by atoms with Crippen LogP contribution in [0.5, 0.6) is 0 Å². The van der Waals surface area contributed by atoms with E-state index in [9.17, 15) is 9.90 Å². The topological polar surface area (TPSA) is 77.0 Å². The SMILES string of the molecule is CCNC(=NCC(CO)c1ccccc1)NCCCC(=O)N1CCc2ccccc21.I. The first-order chi connectivity index (χ1) is 14.7. The van der Waals surface area contributed by atoms with Gasteiger partial charge in [-0.3, -0.25) is 9.79 Å². The molecule has 1 aliphatic rings. The summed E-state index contributed by atoms with van der Waals surface area (Å²) in [5, 5.41) is 16.3. The van der Waals surface area contributed by atoms with Crippen LogP contribution in [0.15, 0.2) is 59.6 Å². The maximum Gasteiger partial charge on any atom is 0.227 e. The average molecular weight is 536 g/mol. The number of aliphatic hydroxyl groups is 1. The number of amides is 1. The number of rotatable bonds is 9. The monoisotopic (exact) mass is 536 g/mol. The molecule has 1 aliphatic heterocycles. The third-order valence-electron chi connectivity index (χ3n) is 5.35. The quantitative estimate of drug-likeness (QED) is 0.199. The summed E-state index contributed by atoms with van der Waals surface area (Å²) in [5.74, 6) is 0.859. The number of halogens is 1. The van der Waals surface area contributed by atoms with Crippen molar-refractivity contribution >= 4 is 41.5 Å². The molecule has 168 valence electrons. The van der Waals surface area contributed by atoms with Gasteiger partial charge in [-0.2, -0.15) is 0 Å². The summed E-state index contributed by atoms with van der Waals surface area (Å²) in [5.41, 5.74) is 3.39. The molecule has 0 fully saturated rings. The van der Waals surface area contributed by atoms with Gasteiger partial charge in [0.25, 0.3) is 0 Å². The molecule has 2 aromatic carbocycles. The second kappa shape index (κ2) is 13.3. The second-order valence-electron chi connectivity index (χ2n) is 7.46. The molecule has 6 nitrogen and oxygen atoms in total. The third kappa shape index (κ3) is 7.21. The minimum atomic E-state index is -0.0292. The molecule has 0 aliphatic carbocycles. The van der Waals surface area contributed by atoms with Gasteiger partial charge in [0.15, 0.2) is 5.96 Å². The molecule has 0 saturated carbocycles. The zero-order valence-corrected chi connectivity index (χ0v) is 20.4. The number of guanidine groups is 1. The largest absolute Gasteiger partial charge is 0.396 e. The first-order valence-electron chi connectivity index (χ1n) is 10.8. The van der Waals surface area contributed by atoms with E-state index in [4.69, 9.17) is 0 Å². The summed E-state index contributed by atoms with van der Waals surface area (Å²) in [7, 11) is 0.